The third kappa shape index (κ3) is 7.66. The van der Waals surface area contributed by atoms with Gasteiger partial charge in [-0.25, -0.2) is 4.79 Å². The number of halogens is 4. The molecule has 10 nitrogen and oxygen atoms in total. The highest BCUT2D eigenvalue weighted by Gasteiger charge is 2.38. The summed E-state index contributed by atoms with van der Waals surface area (Å²) in [6, 6.07) is 4.78. The van der Waals surface area contributed by atoms with Crippen molar-refractivity contribution in [3.05, 3.63) is 34.4 Å². The number of carbonyl (C=O) groups excluding carboxylic acids is 2. The molecule has 1 aliphatic heterocycles. The fourth-order valence-corrected chi connectivity index (χ4v) is 3.43. The summed E-state index contributed by atoms with van der Waals surface area (Å²) in [5.41, 5.74) is 12.5. The number of nitrogens with two attached hydrogens (primary N) is 2. The van der Waals surface area contributed by atoms with Gasteiger partial charge in [-0.1, -0.05) is 22.0 Å². The molecule has 0 saturated carbocycles. The van der Waals surface area contributed by atoms with Gasteiger partial charge in [-0.2, -0.15) is 13.2 Å². The molecule has 2 unspecified atom stereocenters. The van der Waals surface area contributed by atoms with Crippen molar-refractivity contribution in [1.29, 1.82) is 0 Å². The van der Waals surface area contributed by atoms with E-state index in [1.807, 2.05) is 24.4 Å². The summed E-state index contributed by atoms with van der Waals surface area (Å²) in [7, 11) is 0. The maximum absolute atomic E-state index is 12.4. The zero-order valence-corrected chi connectivity index (χ0v) is 18.7. The third-order valence-electron chi connectivity index (χ3n) is 4.61. The Morgan fingerprint density at radius 1 is 1.15 bits per heavy atom. The van der Waals surface area contributed by atoms with Crippen LogP contribution in [0.15, 0.2) is 33.9 Å². The van der Waals surface area contributed by atoms with E-state index in [9.17, 15) is 22.8 Å². The summed E-state index contributed by atoms with van der Waals surface area (Å²) in [5.74, 6) is -3.09. The molecule has 2 atom stereocenters. The molecule has 8 N–H and O–H groups in total. The topological polar surface area (TPSA) is 176 Å². The van der Waals surface area contributed by atoms with Crippen LogP contribution in [0.2, 0.25) is 0 Å². The number of amides is 2. The van der Waals surface area contributed by atoms with Crippen LogP contribution in [-0.2, 0) is 20.8 Å². The van der Waals surface area contributed by atoms with Crippen LogP contribution >= 0.6 is 15.9 Å². The number of aliphatic imine (C=N–C) groups is 1. The van der Waals surface area contributed by atoms with Crippen molar-refractivity contribution < 1.29 is 32.7 Å². The number of alkyl halides is 3. The molecule has 2 heterocycles. The van der Waals surface area contributed by atoms with Gasteiger partial charge in [0.2, 0.25) is 11.8 Å². The Kier molecular flexibility index (Phi) is 8.68. The molecule has 1 aliphatic rings. The second kappa shape index (κ2) is 11.0. The Balaban J connectivity index is 0.000000479. The molecule has 1 saturated heterocycles. The average Bonchev–Trinajstić information content (AvgIpc) is 3.10. The Bertz CT molecular complexity index is 1050. The normalized spacial score (nSPS) is 18.1. The summed E-state index contributed by atoms with van der Waals surface area (Å²) in [4.78, 5) is 40.6. The van der Waals surface area contributed by atoms with Crippen molar-refractivity contribution >= 4 is 50.6 Å². The standard InChI is InChI=1S/C17H21BrN6O2.C2HF3O2/c18-10-3-4-11-9(8-22-13(11)7-10)6-14-16(26)23-12(15(25)24-14)2-1-5-21-17(19)20;3-2(4,5)1(6)7/h3-4,7-8,12,14,22H,1-2,5-6H2,(H,23,26)(H,24,25)(H4,19,20,21);(H,6,7). The van der Waals surface area contributed by atoms with E-state index in [-0.39, 0.29) is 17.8 Å². The first-order valence-corrected chi connectivity index (χ1v) is 10.4. The first-order valence-electron chi connectivity index (χ1n) is 9.60. The lowest BCUT2D eigenvalue weighted by molar-refractivity contribution is -0.192. The monoisotopic (exact) mass is 534 g/mol. The number of piperazine rings is 1. The number of hydrogen-bond acceptors (Lipinski definition) is 4. The molecule has 1 aromatic heterocycles. The number of carbonyl (C=O) groups is 3. The van der Waals surface area contributed by atoms with Crippen LogP contribution in [0.1, 0.15) is 18.4 Å². The second-order valence-electron chi connectivity index (χ2n) is 7.08. The summed E-state index contributed by atoms with van der Waals surface area (Å²) >= 11 is 3.43. The van der Waals surface area contributed by atoms with Crippen molar-refractivity contribution in [2.75, 3.05) is 6.54 Å². The number of aliphatic carboxylic acids is 1. The van der Waals surface area contributed by atoms with Crippen LogP contribution in [-0.4, -0.2) is 58.6 Å². The largest absolute Gasteiger partial charge is 0.490 e. The van der Waals surface area contributed by atoms with E-state index in [0.717, 1.165) is 20.9 Å². The molecule has 2 aromatic rings. The van der Waals surface area contributed by atoms with Gasteiger partial charge in [-0.05, 0) is 30.5 Å². The highest BCUT2D eigenvalue weighted by atomic mass is 79.9. The number of nitrogens with zero attached hydrogens (tertiary/aromatic N) is 1. The molecule has 2 amide bonds. The fourth-order valence-electron chi connectivity index (χ4n) is 3.07. The van der Waals surface area contributed by atoms with Crippen LogP contribution in [0.25, 0.3) is 10.9 Å². The minimum atomic E-state index is -5.08. The molecule has 0 radical (unpaired) electrons. The number of H-pyrrole nitrogens is 1. The number of nitrogens with one attached hydrogen (secondary N) is 3. The first kappa shape index (κ1) is 26.0. The Hall–Kier alpha value is -3.29. The zero-order valence-electron chi connectivity index (χ0n) is 17.1. The van der Waals surface area contributed by atoms with E-state index in [4.69, 9.17) is 21.4 Å². The molecule has 0 bridgehead atoms. The molecule has 14 heteroatoms. The van der Waals surface area contributed by atoms with Crippen LogP contribution in [0.3, 0.4) is 0 Å². The molecule has 3 rings (SSSR count). The SMILES string of the molecule is NC(N)=NCCCC1NC(=O)C(Cc2c[nH]c3cc(Br)ccc23)NC1=O.O=C(O)C(F)(F)F. The van der Waals surface area contributed by atoms with Crippen molar-refractivity contribution in [3.8, 4) is 0 Å². The van der Waals surface area contributed by atoms with Crippen molar-refractivity contribution in [3.63, 3.8) is 0 Å². The van der Waals surface area contributed by atoms with E-state index in [1.54, 1.807) is 0 Å². The lowest BCUT2D eigenvalue weighted by Crippen LogP contribution is -2.62. The van der Waals surface area contributed by atoms with Crippen molar-refractivity contribution in [2.45, 2.75) is 37.5 Å². The highest BCUT2D eigenvalue weighted by molar-refractivity contribution is 9.10. The van der Waals surface area contributed by atoms with Gasteiger partial charge in [0.05, 0.1) is 0 Å². The maximum Gasteiger partial charge on any atom is 0.490 e. The number of carboxylic acid groups (broad SMARTS) is 1. The highest BCUT2D eigenvalue weighted by Crippen LogP contribution is 2.23. The minimum Gasteiger partial charge on any atom is -0.475 e. The Morgan fingerprint density at radius 2 is 1.76 bits per heavy atom. The number of aromatic nitrogens is 1. The van der Waals surface area contributed by atoms with Crippen molar-refractivity contribution in [2.24, 2.45) is 16.5 Å². The second-order valence-corrected chi connectivity index (χ2v) is 8.00. The number of guanidine groups is 1. The third-order valence-corrected chi connectivity index (χ3v) is 5.10. The van der Waals surface area contributed by atoms with Crippen molar-refractivity contribution in [1.82, 2.24) is 15.6 Å². The molecule has 1 aromatic carbocycles. The van der Waals surface area contributed by atoms with Gasteiger partial charge in [-0.15, -0.1) is 0 Å². The first-order chi connectivity index (χ1) is 15.4. The van der Waals surface area contributed by atoms with E-state index in [2.05, 4.69) is 36.5 Å². The molecular formula is C19H22BrF3N6O4. The van der Waals surface area contributed by atoms with Gasteiger partial charge in [0.15, 0.2) is 5.96 Å². The molecule has 0 spiro atoms. The average molecular weight is 535 g/mol. The summed E-state index contributed by atoms with van der Waals surface area (Å²) in [6.45, 7) is 0.427. The molecule has 33 heavy (non-hydrogen) atoms. The maximum atomic E-state index is 12.4. The van der Waals surface area contributed by atoms with Crippen LogP contribution in [0.5, 0.6) is 0 Å². The number of benzene rings is 1. The number of fused-ring (bicyclic) bond motifs is 1. The Labute approximate surface area is 194 Å². The minimum absolute atomic E-state index is 0.0213. The number of aromatic amines is 1. The summed E-state index contributed by atoms with van der Waals surface area (Å²) < 4.78 is 32.7. The van der Waals surface area contributed by atoms with E-state index in [1.165, 1.54) is 0 Å². The van der Waals surface area contributed by atoms with E-state index < -0.39 is 24.2 Å². The quantitative estimate of drug-likeness (QED) is 0.184. The number of carboxylic acids is 1. The molecular weight excluding hydrogens is 513 g/mol. The summed E-state index contributed by atoms with van der Waals surface area (Å²) in [5, 5.41) is 13.8. The lowest BCUT2D eigenvalue weighted by Gasteiger charge is -2.29. The Morgan fingerprint density at radius 3 is 2.36 bits per heavy atom. The van der Waals surface area contributed by atoms with Crippen LogP contribution < -0.4 is 22.1 Å². The smallest absolute Gasteiger partial charge is 0.475 e. The van der Waals surface area contributed by atoms with Gasteiger partial charge in [0.1, 0.15) is 12.1 Å². The predicted molar refractivity (Wildman–Crippen MR) is 117 cm³/mol. The molecule has 1 fully saturated rings. The van der Waals surface area contributed by atoms with Gasteiger partial charge in [-0.3, -0.25) is 14.6 Å². The number of hydrogen-bond donors (Lipinski definition) is 6. The zero-order chi connectivity index (χ0) is 24.8. The van der Waals surface area contributed by atoms with E-state index in [0.29, 0.717) is 25.8 Å². The molecule has 180 valence electrons. The van der Waals surface area contributed by atoms with Gasteiger partial charge >= 0.3 is 12.1 Å². The van der Waals surface area contributed by atoms with Gasteiger partial charge in [0, 0.05) is 34.5 Å². The van der Waals surface area contributed by atoms with Crippen LogP contribution in [0.4, 0.5) is 13.2 Å². The predicted octanol–water partition coefficient (Wildman–Crippen LogP) is 1.14. The molecule has 0 aliphatic carbocycles. The fraction of sp³-hybridized carbons (Fsp3) is 0.368. The summed E-state index contributed by atoms with van der Waals surface area (Å²) in [6.07, 6.45) is -1.68. The van der Waals surface area contributed by atoms with Gasteiger partial charge in [0.25, 0.3) is 0 Å². The van der Waals surface area contributed by atoms with Crippen LogP contribution in [0, 0.1) is 0 Å². The number of rotatable bonds is 6. The van der Waals surface area contributed by atoms with Gasteiger partial charge < -0.3 is 32.2 Å². The lowest BCUT2D eigenvalue weighted by atomic mass is 10.00. The van der Waals surface area contributed by atoms with E-state index >= 15 is 0 Å².